The van der Waals surface area contributed by atoms with E-state index in [0.717, 1.165) is 0 Å². The topological polar surface area (TPSA) is 3.24 Å². The third-order valence-electron chi connectivity index (χ3n) is 3.00. The highest BCUT2D eigenvalue weighted by molar-refractivity contribution is 8.69. The van der Waals surface area contributed by atoms with Crippen molar-refractivity contribution in [3.63, 3.8) is 0 Å². The summed E-state index contributed by atoms with van der Waals surface area (Å²) in [5.74, 6) is 0. The Labute approximate surface area is 101 Å². The normalized spacial score (nSPS) is 17.7. The van der Waals surface area contributed by atoms with Crippen molar-refractivity contribution in [2.24, 2.45) is 0 Å². The molecule has 0 saturated heterocycles. The van der Waals surface area contributed by atoms with Crippen LogP contribution in [0.15, 0.2) is 30.3 Å². The molecule has 0 spiro atoms. The van der Waals surface area contributed by atoms with Gasteiger partial charge in [0.25, 0.3) is 0 Å². The van der Waals surface area contributed by atoms with Crippen LogP contribution < -0.4 is 4.31 Å². The molecule has 0 bridgehead atoms. The molecule has 15 heavy (non-hydrogen) atoms. The zero-order chi connectivity index (χ0) is 10.5. The maximum absolute atomic E-state index is 4.38. The number of hydrogen-bond donors (Lipinski definition) is 1. The first-order valence-electron chi connectivity index (χ1n) is 5.57. The first-order chi connectivity index (χ1) is 7.42. The molecule has 0 unspecified atom stereocenters. The van der Waals surface area contributed by atoms with Gasteiger partial charge in [-0.3, -0.25) is 0 Å². The van der Waals surface area contributed by atoms with Gasteiger partial charge in [-0.25, -0.2) is 0 Å². The molecule has 82 valence electrons. The molecule has 1 nitrogen and oxygen atoms in total. The van der Waals surface area contributed by atoms with E-state index in [1.807, 2.05) is 0 Å². The van der Waals surface area contributed by atoms with E-state index in [0.29, 0.717) is 6.04 Å². The van der Waals surface area contributed by atoms with Gasteiger partial charge in [-0.05, 0) is 25.0 Å². The lowest BCUT2D eigenvalue weighted by molar-refractivity contribution is 0.447. The summed E-state index contributed by atoms with van der Waals surface area (Å²) in [5, 5.41) is 0. The van der Waals surface area contributed by atoms with Gasteiger partial charge in [-0.1, -0.05) is 49.1 Å². The number of para-hydroxylation sites is 1. The maximum atomic E-state index is 4.38. The summed E-state index contributed by atoms with van der Waals surface area (Å²) in [5.41, 5.74) is 1.28. The van der Waals surface area contributed by atoms with Crippen molar-refractivity contribution < 1.29 is 0 Å². The van der Waals surface area contributed by atoms with Crippen LogP contribution >= 0.6 is 22.6 Å². The van der Waals surface area contributed by atoms with E-state index < -0.39 is 0 Å². The van der Waals surface area contributed by atoms with Crippen LogP contribution in [-0.4, -0.2) is 6.04 Å². The molecular formula is C12H17NS2. The van der Waals surface area contributed by atoms with Crippen molar-refractivity contribution in [2.75, 3.05) is 4.31 Å². The van der Waals surface area contributed by atoms with Crippen LogP contribution in [0.1, 0.15) is 32.1 Å². The Bertz CT molecular complexity index is 283. The van der Waals surface area contributed by atoms with Crippen molar-refractivity contribution in [1.29, 1.82) is 0 Å². The maximum Gasteiger partial charge on any atom is 0.0481 e. The number of anilines is 1. The molecule has 1 aromatic carbocycles. The van der Waals surface area contributed by atoms with Crippen molar-refractivity contribution in [1.82, 2.24) is 0 Å². The molecule has 0 amide bonds. The summed E-state index contributed by atoms with van der Waals surface area (Å²) in [4.78, 5) is 0. The minimum Gasteiger partial charge on any atom is -0.304 e. The van der Waals surface area contributed by atoms with E-state index in [1.54, 1.807) is 11.0 Å². The molecule has 0 radical (unpaired) electrons. The van der Waals surface area contributed by atoms with E-state index in [4.69, 9.17) is 0 Å². The summed E-state index contributed by atoms with van der Waals surface area (Å²) < 4.78 is 2.35. The first-order valence-corrected chi connectivity index (χ1v) is 7.40. The Morgan fingerprint density at radius 2 is 1.73 bits per heavy atom. The van der Waals surface area contributed by atoms with Crippen molar-refractivity contribution in [3.05, 3.63) is 30.3 Å². The fraction of sp³-hybridized carbons (Fsp3) is 0.500. The minimum atomic E-state index is 0.670. The summed E-state index contributed by atoms with van der Waals surface area (Å²) in [6.45, 7) is 0. The van der Waals surface area contributed by atoms with E-state index >= 15 is 0 Å². The molecule has 1 aliphatic rings. The van der Waals surface area contributed by atoms with Gasteiger partial charge in [-0.2, -0.15) is 0 Å². The van der Waals surface area contributed by atoms with Crippen molar-refractivity contribution in [3.8, 4) is 0 Å². The Hall–Kier alpha value is -0.280. The highest BCUT2D eigenvalue weighted by atomic mass is 33.1. The fourth-order valence-corrected chi connectivity index (χ4v) is 3.46. The first kappa shape index (κ1) is 11.2. The molecule has 1 fully saturated rings. The zero-order valence-electron chi connectivity index (χ0n) is 8.80. The number of thiol groups is 1. The monoisotopic (exact) mass is 239 g/mol. The molecule has 0 aromatic heterocycles. The fourth-order valence-electron chi connectivity index (χ4n) is 2.22. The molecule has 1 aromatic rings. The van der Waals surface area contributed by atoms with Crippen LogP contribution in [0.3, 0.4) is 0 Å². The Balaban J connectivity index is 2.09. The lowest BCUT2D eigenvalue weighted by Gasteiger charge is -2.33. The molecule has 1 aliphatic carbocycles. The highest BCUT2D eigenvalue weighted by Gasteiger charge is 2.21. The summed E-state index contributed by atoms with van der Waals surface area (Å²) >= 11 is 4.38. The smallest absolute Gasteiger partial charge is 0.0481 e. The van der Waals surface area contributed by atoms with Gasteiger partial charge in [0.2, 0.25) is 0 Å². The van der Waals surface area contributed by atoms with Crippen LogP contribution in [0.2, 0.25) is 0 Å². The third kappa shape index (κ3) is 2.85. The van der Waals surface area contributed by atoms with Crippen LogP contribution in [0, 0.1) is 0 Å². The average molecular weight is 239 g/mol. The molecule has 1 saturated carbocycles. The Kier molecular flexibility index (Phi) is 4.27. The van der Waals surface area contributed by atoms with Crippen molar-refractivity contribution >= 4 is 28.3 Å². The van der Waals surface area contributed by atoms with Crippen LogP contribution in [-0.2, 0) is 0 Å². The molecule has 3 heteroatoms. The van der Waals surface area contributed by atoms with Gasteiger partial charge in [-0.15, -0.1) is 0 Å². The Morgan fingerprint density at radius 3 is 2.33 bits per heavy atom. The number of hydrogen-bond acceptors (Lipinski definition) is 3. The van der Waals surface area contributed by atoms with E-state index in [-0.39, 0.29) is 0 Å². The number of benzene rings is 1. The SMILES string of the molecule is SSN(c1ccccc1)C1CCCCC1. The second-order valence-corrected chi connectivity index (χ2v) is 5.08. The van der Waals surface area contributed by atoms with E-state index in [2.05, 4.69) is 46.3 Å². The van der Waals surface area contributed by atoms with Gasteiger partial charge >= 0.3 is 0 Å². The molecule has 2 rings (SSSR count). The van der Waals surface area contributed by atoms with Gasteiger partial charge in [0, 0.05) is 22.7 Å². The second kappa shape index (κ2) is 5.71. The predicted molar refractivity (Wildman–Crippen MR) is 72.4 cm³/mol. The van der Waals surface area contributed by atoms with Gasteiger partial charge in [0.1, 0.15) is 0 Å². The van der Waals surface area contributed by atoms with Crippen LogP contribution in [0.5, 0.6) is 0 Å². The number of rotatable bonds is 3. The van der Waals surface area contributed by atoms with E-state index in [9.17, 15) is 0 Å². The largest absolute Gasteiger partial charge is 0.304 e. The minimum absolute atomic E-state index is 0.670. The van der Waals surface area contributed by atoms with Gasteiger partial charge < -0.3 is 4.31 Å². The molecular weight excluding hydrogens is 222 g/mol. The Morgan fingerprint density at radius 1 is 1.07 bits per heavy atom. The number of nitrogens with zero attached hydrogens (tertiary/aromatic N) is 1. The lowest BCUT2D eigenvalue weighted by Crippen LogP contribution is -2.30. The molecule has 0 atom stereocenters. The zero-order valence-corrected chi connectivity index (χ0v) is 10.5. The highest BCUT2D eigenvalue weighted by Crippen LogP contribution is 2.33. The predicted octanol–water partition coefficient (Wildman–Crippen LogP) is 4.32. The van der Waals surface area contributed by atoms with Gasteiger partial charge in [0.05, 0.1) is 0 Å². The van der Waals surface area contributed by atoms with E-state index in [1.165, 1.54) is 37.8 Å². The lowest BCUT2D eigenvalue weighted by atomic mass is 9.95. The average Bonchev–Trinajstić information content (AvgIpc) is 2.33. The third-order valence-corrected chi connectivity index (χ3v) is 4.22. The molecule has 0 heterocycles. The summed E-state index contributed by atoms with van der Waals surface area (Å²) in [6.07, 6.45) is 6.74. The quantitative estimate of drug-likeness (QED) is 0.475. The standard InChI is InChI=1S/C12H17NS2/c14-15-13(11-7-3-1-4-8-11)12-9-5-2-6-10-12/h1,3-4,7-8,12,14H,2,5-6,9-10H2. The molecule has 0 aliphatic heterocycles. The van der Waals surface area contributed by atoms with Crippen LogP contribution in [0.4, 0.5) is 5.69 Å². The summed E-state index contributed by atoms with van der Waals surface area (Å²) in [6, 6.07) is 11.2. The van der Waals surface area contributed by atoms with Gasteiger partial charge in [0.15, 0.2) is 0 Å². The summed E-state index contributed by atoms with van der Waals surface area (Å²) in [7, 11) is 1.56. The second-order valence-electron chi connectivity index (χ2n) is 4.03. The molecule has 0 N–H and O–H groups in total. The van der Waals surface area contributed by atoms with Crippen LogP contribution in [0.25, 0.3) is 0 Å². The van der Waals surface area contributed by atoms with Crippen molar-refractivity contribution in [2.45, 2.75) is 38.1 Å².